The molecule has 0 bridgehead atoms. The van der Waals surface area contributed by atoms with E-state index in [0.29, 0.717) is 0 Å². The lowest BCUT2D eigenvalue weighted by molar-refractivity contribution is -0.0788. The van der Waals surface area contributed by atoms with Crippen LogP contribution in [0.1, 0.15) is 22.3 Å². The zero-order valence-corrected chi connectivity index (χ0v) is 7.70. The fourth-order valence-electron chi connectivity index (χ4n) is 1.12. The first-order chi connectivity index (χ1) is 6.77. The molecule has 1 aromatic rings. The van der Waals surface area contributed by atoms with Crippen LogP contribution in [-0.4, -0.2) is 5.97 Å². The normalized spacial score (nSPS) is 9.50. The number of hydrogen-bond acceptors (Lipinski definition) is 2. The van der Waals surface area contributed by atoms with E-state index in [1.54, 1.807) is 24.3 Å². The lowest BCUT2D eigenvalue weighted by Gasteiger charge is -1.99. The van der Waals surface area contributed by atoms with Crippen LogP contribution < -0.4 is 0 Å². The summed E-state index contributed by atoms with van der Waals surface area (Å²) in [6, 6.07) is 6.63. The van der Waals surface area contributed by atoms with E-state index in [0.717, 1.165) is 18.4 Å². The number of aryl methyl sites for hydroxylation is 1. The van der Waals surface area contributed by atoms with Crippen LogP contribution in [0.4, 0.5) is 4.53 Å². The Morgan fingerprint density at radius 2 is 2.07 bits per heavy atom. The maximum absolute atomic E-state index is 11.5. The number of carbonyl (C=O) groups is 1. The molecule has 3 heteroatoms. The van der Waals surface area contributed by atoms with Crippen molar-refractivity contribution in [3.05, 3.63) is 48.0 Å². The molecule has 0 aliphatic rings. The van der Waals surface area contributed by atoms with Gasteiger partial charge in [-0.15, -0.1) is 6.58 Å². The van der Waals surface area contributed by atoms with Crippen LogP contribution in [0.5, 0.6) is 0 Å². The molecule has 0 aliphatic carbocycles. The van der Waals surface area contributed by atoms with E-state index < -0.39 is 5.97 Å². The number of allylic oxidation sites excluding steroid dienone is 1. The van der Waals surface area contributed by atoms with Crippen LogP contribution in [-0.2, 0) is 11.4 Å². The van der Waals surface area contributed by atoms with Crippen molar-refractivity contribution in [2.75, 3.05) is 0 Å². The summed E-state index contributed by atoms with van der Waals surface area (Å²) in [6.07, 6.45) is 3.57. The summed E-state index contributed by atoms with van der Waals surface area (Å²) >= 11 is 0. The molecule has 2 nitrogen and oxygen atoms in total. The standard InChI is InChI=1S/C11H11FO2/c1-2-3-4-9-5-7-10(8-6-9)11(13)14-12/h2,5-8H,1,3-4H2. The molecule has 14 heavy (non-hydrogen) atoms. The quantitative estimate of drug-likeness (QED) is 0.689. The Kier molecular flexibility index (Phi) is 3.85. The first-order valence-electron chi connectivity index (χ1n) is 4.30. The fraction of sp³-hybridized carbons (Fsp3) is 0.182. The summed E-state index contributed by atoms with van der Waals surface area (Å²) < 4.78 is 11.5. The minimum atomic E-state index is -0.958. The van der Waals surface area contributed by atoms with Gasteiger partial charge in [0.05, 0.1) is 5.56 Å². The van der Waals surface area contributed by atoms with E-state index in [1.807, 2.05) is 6.08 Å². The summed E-state index contributed by atoms with van der Waals surface area (Å²) in [6.45, 7) is 3.61. The maximum Gasteiger partial charge on any atom is 0.379 e. The Balaban J connectivity index is 2.68. The van der Waals surface area contributed by atoms with E-state index >= 15 is 0 Å². The molecule has 0 radical (unpaired) electrons. The smallest absolute Gasteiger partial charge is 0.249 e. The molecule has 0 spiro atoms. The van der Waals surface area contributed by atoms with Gasteiger partial charge >= 0.3 is 5.97 Å². The number of hydrogen-bond donors (Lipinski definition) is 0. The maximum atomic E-state index is 11.5. The van der Waals surface area contributed by atoms with E-state index in [2.05, 4.69) is 11.5 Å². The summed E-state index contributed by atoms with van der Waals surface area (Å²) in [4.78, 5) is 13.8. The third-order valence-corrected chi connectivity index (χ3v) is 1.90. The van der Waals surface area contributed by atoms with Gasteiger partial charge in [-0.3, -0.25) is 0 Å². The SMILES string of the molecule is C=CCCc1ccc(C(=O)OF)cc1. The van der Waals surface area contributed by atoms with Crippen LogP contribution >= 0.6 is 0 Å². The van der Waals surface area contributed by atoms with Crippen molar-refractivity contribution in [1.82, 2.24) is 0 Å². The molecule has 0 N–H and O–H groups in total. The second kappa shape index (κ2) is 5.17. The molecule has 1 rings (SSSR count). The van der Waals surface area contributed by atoms with Gasteiger partial charge in [-0.2, -0.15) is 0 Å². The van der Waals surface area contributed by atoms with E-state index in [9.17, 15) is 9.32 Å². The third-order valence-electron chi connectivity index (χ3n) is 1.90. The number of benzene rings is 1. The van der Waals surface area contributed by atoms with Crippen molar-refractivity contribution in [2.24, 2.45) is 0 Å². The van der Waals surface area contributed by atoms with Gasteiger partial charge in [-0.25, -0.2) is 9.74 Å². The van der Waals surface area contributed by atoms with E-state index in [4.69, 9.17) is 0 Å². The Morgan fingerprint density at radius 3 is 2.57 bits per heavy atom. The third kappa shape index (κ3) is 2.69. The molecule has 0 amide bonds. The predicted octanol–water partition coefficient (Wildman–Crippen LogP) is 2.85. The van der Waals surface area contributed by atoms with Crippen molar-refractivity contribution in [3.8, 4) is 0 Å². The van der Waals surface area contributed by atoms with Crippen LogP contribution in [0.3, 0.4) is 0 Å². The van der Waals surface area contributed by atoms with E-state index in [1.165, 1.54) is 0 Å². The van der Waals surface area contributed by atoms with Crippen molar-refractivity contribution >= 4 is 5.97 Å². The summed E-state index contributed by atoms with van der Waals surface area (Å²) in [5, 5.41) is 0. The first-order valence-corrected chi connectivity index (χ1v) is 4.30. The van der Waals surface area contributed by atoms with Crippen molar-refractivity contribution in [3.63, 3.8) is 0 Å². The van der Waals surface area contributed by atoms with Crippen LogP contribution in [0.15, 0.2) is 36.9 Å². The minimum Gasteiger partial charge on any atom is -0.249 e. The highest BCUT2D eigenvalue weighted by Gasteiger charge is 2.06. The Hall–Kier alpha value is -1.64. The highest BCUT2D eigenvalue weighted by atomic mass is 19.3. The zero-order chi connectivity index (χ0) is 10.4. The van der Waals surface area contributed by atoms with Gasteiger partial charge in [-0.05, 0) is 30.5 Å². The first kappa shape index (κ1) is 10.4. The van der Waals surface area contributed by atoms with Gasteiger partial charge in [0.25, 0.3) is 0 Å². The molecule has 0 heterocycles. The molecule has 0 saturated heterocycles. The van der Waals surface area contributed by atoms with Gasteiger partial charge in [0.1, 0.15) is 0 Å². The molecule has 0 aromatic heterocycles. The minimum absolute atomic E-state index is 0.217. The van der Waals surface area contributed by atoms with Crippen molar-refractivity contribution in [2.45, 2.75) is 12.8 Å². The molecular weight excluding hydrogens is 183 g/mol. The van der Waals surface area contributed by atoms with Gasteiger partial charge < -0.3 is 0 Å². The Labute approximate surface area is 81.9 Å². The average Bonchev–Trinajstić information content (AvgIpc) is 2.26. The van der Waals surface area contributed by atoms with Gasteiger partial charge in [0.15, 0.2) is 0 Å². The highest BCUT2D eigenvalue weighted by molar-refractivity contribution is 5.88. The topological polar surface area (TPSA) is 26.3 Å². The largest absolute Gasteiger partial charge is 0.379 e. The second-order valence-corrected chi connectivity index (χ2v) is 2.89. The van der Waals surface area contributed by atoms with Crippen LogP contribution in [0.25, 0.3) is 0 Å². The van der Waals surface area contributed by atoms with Gasteiger partial charge in [-0.1, -0.05) is 18.2 Å². The molecule has 0 atom stereocenters. The molecule has 0 saturated carbocycles. The van der Waals surface area contributed by atoms with E-state index in [-0.39, 0.29) is 5.56 Å². The summed E-state index contributed by atoms with van der Waals surface area (Å²) in [7, 11) is 0. The average molecular weight is 194 g/mol. The Morgan fingerprint density at radius 1 is 1.43 bits per heavy atom. The summed E-state index contributed by atoms with van der Waals surface area (Å²) in [5.74, 6) is -0.958. The number of halogens is 1. The molecule has 0 fully saturated rings. The van der Waals surface area contributed by atoms with Gasteiger partial charge in [0, 0.05) is 4.53 Å². The van der Waals surface area contributed by atoms with Gasteiger partial charge in [0.2, 0.25) is 0 Å². The Bertz CT molecular complexity index is 317. The lowest BCUT2D eigenvalue weighted by atomic mass is 10.1. The highest BCUT2D eigenvalue weighted by Crippen LogP contribution is 2.08. The fourth-order valence-corrected chi connectivity index (χ4v) is 1.12. The number of carbonyl (C=O) groups excluding carboxylic acids is 1. The summed E-state index contributed by atoms with van der Waals surface area (Å²) in [5.41, 5.74) is 1.30. The van der Waals surface area contributed by atoms with Crippen molar-refractivity contribution in [1.29, 1.82) is 0 Å². The van der Waals surface area contributed by atoms with Crippen LogP contribution in [0.2, 0.25) is 0 Å². The molecule has 0 aliphatic heterocycles. The predicted molar refractivity (Wildman–Crippen MR) is 51.5 cm³/mol. The van der Waals surface area contributed by atoms with Crippen LogP contribution in [0, 0.1) is 0 Å². The second-order valence-electron chi connectivity index (χ2n) is 2.89. The molecule has 74 valence electrons. The molecule has 0 unspecified atom stereocenters. The lowest BCUT2D eigenvalue weighted by Crippen LogP contribution is -1.98. The zero-order valence-electron chi connectivity index (χ0n) is 7.70. The monoisotopic (exact) mass is 194 g/mol. The molecular formula is C11H11FO2. The molecule has 1 aromatic carbocycles. The number of rotatable bonds is 4. The van der Waals surface area contributed by atoms with Crippen molar-refractivity contribution < 1.29 is 14.3 Å².